The Morgan fingerprint density at radius 3 is 1.77 bits per heavy atom. The lowest BCUT2D eigenvalue weighted by Gasteiger charge is -2.03. The Bertz CT molecular complexity index is 281. The summed E-state index contributed by atoms with van der Waals surface area (Å²) in [5.74, 6) is -0.684. The second-order valence-electron chi connectivity index (χ2n) is 6.62. The van der Waals surface area contributed by atoms with Crippen molar-refractivity contribution in [3.63, 3.8) is 0 Å². The van der Waals surface area contributed by atoms with Crippen LogP contribution in [0.3, 0.4) is 0 Å². The fourth-order valence-corrected chi connectivity index (χ4v) is 2.77. The first kappa shape index (κ1) is 21.2. The quantitative estimate of drug-likeness (QED) is 0.249. The number of carbonyl (C=O) groups is 1. The molecule has 1 N–H and O–H groups in total. The third kappa shape index (κ3) is 17.3. The molecule has 0 heterocycles. The molecule has 0 aliphatic rings. The third-order valence-corrected chi connectivity index (χ3v) is 4.26. The summed E-state index contributed by atoms with van der Waals surface area (Å²) in [6, 6.07) is 0. The minimum Gasteiger partial charge on any atom is -0.481 e. The molecule has 0 aromatic carbocycles. The van der Waals surface area contributed by atoms with Crippen molar-refractivity contribution < 1.29 is 9.90 Å². The minimum absolute atomic E-state index is 0.294. The highest BCUT2D eigenvalue weighted by Crippen LogP contribution is 2.14. The topological polar surface area (TPSA) is 37.3 Å². The van der Waals surface area contributed by atoms with Crippen LogP contribution in [0.4, 0.5) is 0 Å². The van der Waals surface area contributed by atoms with Crippen LogP contribution in [0.25, 0.3) is 0 Å². The van der Waals surface area contributed by atoms with Crippen LogP contribution in [0.15, 0.2) is 11.6 Å². The number of allylic oxidation sites excluding steroid dienone is 2. The van der Waals surface area contributed by atoms with Crippen LogP contribution in [-0.2, 0) is 4.79 Å². The molecule has 130 valence electrons. The number of hydrogen-bond acceptors (Lipinski definition) is 1. The lowest BCUT2D eigenvalue weighted by atomic mass is 10.0. The average Bonchev–Trinajstić information content (AvgIpc) is 2.49. The van der Waals surface area contributed by atoms with Gasteiger partial charge in [0.1, 0.15) is 0 Å². The van der Waals surface area contributed by atoms with Gasteiger partial charge in [0.25, 0.3) is 0 Å². The van der Waals surface area contributed by atoms with E-state index in [0.717, 1.165) is 12.8 Å². The zero-order chi connectivity index (χ0) is 16.5. The Balaban J connectivity index is 3.24. The molecule has 0 rings (SSSR count). The molecular weight excluding hydrogens is 272 g/mol. The van der Waals surface area contributed by atoms with Crippen molar-refractivity contribution in [3.05, 3.63) is 11.6 Å². The van der Waals surface area contributed by atoms with E-state index in [4.69, 9.17) is 5.11 Å². The maximum absolute atomic E-state index is 10.4. The number of carboxylic acid groups (broad SMARTS) is 1. The molecule has 0 saturated carbocycles. The molecule has 0 unspecified atom stereocenters. The molecule has 2 nitrogen and oxygen atoms in total. The molecule has 0 radical (unpaired) electrons. The third-order valence-electron chi connectivity index (χ3n) is 4.26. The molecule has 0 fully saturated rings. The van der Waals surface area contributed by atoms with Crippen molar-refractivity contribution in [2.45, 2.75) is 110 Å². The fraction of sp³-hybridized carbons (Fsp3) is 0.850. The van der Waals surface area contributed by atoms with Crippen molar-refractivity contribution in [2.24, 2.45) is 0 Å². The Morgan fingerprint density at radius 2 is 1.27 bits per heavy atom. The first-order chi connectivity index (χ1) is 10.7. The molecule has 0 aliphatic heterocycles. The zero-order valence-corrected chi connectivity index (χ0v) is 15.0. The second-order valence-corrected chi connectivity index (χ2v) is 6.62. The first-order valence-corrected chi connectivity index (χ1v) is 9.54. The highest BCUT2D eigenvalue weighted by atomic mass is 16.4. The molecular formula is C20H38O2. The van der Waals surface area contributed by atoms with Gasteiger partial charge in [-0.25, -0.2) is 0 Å². The monoisotopic (exact) mass is 310 g/mol. The maximum atomic E-state index is 10.4. The van der Waals surface area contributed by atoms with Gasteiger partial charge in [-0.05, 0) is 32.6 Å². The molecule has 0 amide bonds. The smallest absolute Gasteiger partial charge is 0.303 e. The summed E-state index contributed by atoms with van der Waals surface area (Å²) in [7, 11) is 0. The predicted molar refractivity (Wildman–Crippen MR) is 96.3 cm³/mol. The largest absolute Gasteiger partial charge is 0.481 e. The van der Waals surface area contributed by atoms with E-state index < -0.39 is 5.97 Å². The summed E-state index contributed by atoms with van der Waals surface area (Å²) in [5.41, 5.74) is 1.43. The van der Waals surface area contributed by atoms with E-state index in [2.05, 4.69) is 19.9 Å². The van der Waals surface area contributed by atoms with Gasteiger partial charge >= 0.3 is 5.97 Å². The van der Waals surface area contributed by atoms with Gasteiger partial charge in [0.15, 0.2) is 0 Å². The first-order valence-electron chi connectivity index (χ1n) is 9.54. The average molecular weight is 311 g/mol. The highest BCUT2D eigenvalue weighted by molar-refractivity contribution is 5.66. The lowest BCUT2D eigenvalue weighted by molar-refractivity contribution is -0.137. The second kappa shape index (κ2) is 16.6. The van der Waals surface area contributed by atoms with E-state index in [1.807, 2.05) is 0 Å². The van der Waals surface area contributed by atoms with Gasteiger partial charge in [-0.3, -0.25) is 4.79 Å². The molecule has 0 aromatic rings. The maximum Gasteiger partial charge on any atom is 0.303 e. The van der Waals surface area contributed by atoms with Crippen molar-refractivity contribution in [1.29, 1.82) is 0 Å². The van der Waals surface area contributed by atoms with Crippen LogP contribution in [-0.4, -0.2) is 11.1 Å². The summed E-state index contributed by atoms with van der Waals surface area (Å²) in [5, 5.41) is 8.57. The number of carboxylic acids is 1. The SMILES string of the molecule is CCCCCCCCCCCCCC(C)=CCCCC(=O)O. The fourth-order valence-electron chi connectivity index (χ4n) is 2.77. The predicted octanol–water partition coefficient (Wildman–Crippen LogP) is 6.89. The van der Waals surface area contributed by atoms with Gasteiger partial charge in [-0.1, -0.05) is 82.8 Å². The Kier molecular flexibility index (Phi) is 16.0. The van der Waals surface area contributed by atoms with Gasteiger partial charge in [0.2, 0.25) is 0 Å². The van der Waals surface area contributed by atoms with Gasteiger partial charge in [0.05, 0.1) is 0 Å². The molecule has 0 saturated heterocycles. The normalized spacial score (nSPS) is 11.8. The van der Waals surface area contributed by atoms with E-state index in [1.165, 1.54) is 82.6 Å². The van der Waals surface area contributed by atoms with E-state index >= 15 is 0 Å². The summed E-state index contributed by atoms with van der Waals surface area (Å²) in [6.07, 6.45) is 20.7. The van der Waals surface area contributed by atoms with Crippen LogP contribution < -0.4 is 0 Å². The van der Waals surface area contributed by atoms with Crippen LogP contribution in [0.1, 0.15) is 110 Å². The van der Waals surface area contributed by atoms with E-state index in [9.17, 15) is 4.79 Å². The van der Waals surface area contributed by atoms with E-state index in [-0.39, 0.29) is 0 Å². The molecule has 0 aliphatic carbocycles. The van der Waals surface area contributed by atoms with Crippen molar-refractivity contribution in [2.75, 3.05) is 0 Å². The minimum atomic E-state index is -0.684. The Hall–Kier alpha value is -0.790. The number of unbranched alkanes of at least 4 members (excludes halogenated alkanes) is 11. The highest BCUT2D eigenvalue weighted by Gasteiger charge is 1.96. The van der Waals surface area contributed by atoms with Crippen molar-refractivity contribution >= 4 is 5.97 Å². The van der Waals surface area contributed by atoms with Crippen molar-refractivity contribution in [1.82, 2.24) is 0 Å². The molecule has 2 heteroatoms. The summed E-state index contributed by atoms with van der Waals surface area (Å²) < 4.78 is 0. The number of rotatable bonds is 16. The van der Waals surface area contributed by atoms with Crippen LogP contribution in [0.2, 0.25) is 0 Å². The van der Waals surface area contributed by atoms with Crippen molar-refractivity contribution in [3.8, 4) is 0 Å². The van der Waals surface area contributed by atoms with Gasteiger partial charge in [-0.2, -0.15) is 0 Å². The lowest BCUT2D eigenvalue weighted by Crippen LogP contribution is -1.92. The van der Waals surface area contributed by atoms with Gasteiger partial charge in [-0.15, -0.1) is 0 Å². The molecule has 0 atom stereocenters. The number of aliphatic carboxylic acids is 1. The van der Waals surface area contributed by atoms with E-state index in [0.29, 0.717) is 6.42 Å². The molecule has 0 aromatic heterocycles. The summed E-state index contributed by atoms with van der Waals surface area (Å²) in [6.45, 7) is 4.45. The Labute approximate surface area is 138 Å². The van der Waals surface area contributed by atoms with Crippen LogP contribution in [0, 0.1) is 0 Å². The molecule has 0 bridgehead atoms. The molecule has 0 spiro atoms. The standard InChI is InChI=1S/C20H38O2/c1-3-4-5-6-7-8-9-10-11-12-13-16-19(2)17-14-15-18-20(21)22/h17H,3-16,18H2,1-2H3,(H,21,22). The van der Waals surface area contributed by atoms with Gasteiger partial charge in [0, 0.05) is 6.42 Å². The van der Waals surface area contributed by atoms with Crippen LogP contribution >= 0.6 is 0 Å². The number of hydrogen-bond donors (Lipinski definition) is 1. The summed E-state index contributed by atoms with van der Waals surface area (Å²) in [4.78, 5) is 10.4. The Morgan fingerprint density at radius 1 is 0.773 bits per heavy atom. The van der Waals surface area contributed by atoms with Crippen LogP contribution in [0.5, 0.6) is 0 Å². The summed E-state index contributed by atoms with van der Waals surface area (Å²) >= 11 is 0. The zero-order valence-electron chi connectivity index (χ0n) is 15.0. The van der Waals surface area contributed by atoms with E-state index in [1.54, 1.807) is 0 Å². The molecule has 22 heavy (non-hydrogen) atoms. The van der Waals surface area contributed by atoms with Gasteiger partial charge < -0.3 is 5.11 Å².